The fourth-order valence-electron chi connectivity index (χ4n) is 2.10. The summed E-state index contributed by atoms with van der Waals surface area (Å²) in [5, 5.41) is 0. The standard InChI is InChI=1S/C13H19NO3S/c1-16-13-5-4-10(7-12(13)14)8-18(15)9-11-3-2-6-17-11/h4-5,7,11H,2-3,6,8-9,14H2,1H3. The van der Waals surface area contributed by atoms with Gasteiger partial charge in [0.1, 0.15) is 5.75 Å². The largest absolute Gasteiger partial charge is 0.495 e. The lowest BCUT2D eigenvalue weighted by Crippen LogP contribution is -2.16. The van der Waals surface area contributed by atoms with Crippen molar-refractivity contribution in [2.75, 3.05) is 25.2 Å². The molecule has 0 bridgehead atoms. The Bertz CT molecular complexity index is 430. The van der Waals surface area contributed by atoms with Gasteiger partial charge in [0, 0.05) is 23.2 Å². The average Bonchev–Trinajstić information content (AvgIpc) is 2.82. The highest BCUT2D eigenvalue weighted by Gasteiger charge is 2.18. The first-order chi connectivity index (χ1) is 8.69. The topological polar surface area (TPSA) is 61.5 Å². The number of rotatable bonds is 5. The normalized spacial score (nSPS) is 20.8. The lowest BCUT2D eigenvalue weighted by molar-refractivity contribution is 0.128. The zero-order chi connectivity index (χ0) is 13.0. The predicted octanol–water partition coefficient (Wildman–Crippen LogP) is 1.71. The van der Waals surface area contributed by atoms with E-state index < -0.39 is 10.8 Å². The number of benzene rings is 1. The molecule has 0 aromatic heterocycles. The minimum absolute atomic E-state index is 0.168. The van der Waals surface area contributed by atoms with Gasteiger partial charge >= 0.3 is 0 Å². The van der Waals surface area contributed by atoms with Crippen LogP contribution in [0.5, 0.6) is 5.75 Å². The molecule has 2 unspecified atom stereocenters. The fraction of sp³-hybridized carbons (Fsp3) is 0.538. The van der Waals surface area contributed by atoms with Crippen molar-refractivity contribution in [2.24, 2.45) is 0 Å². The second kappa shape index (κ2) is 6.20. The summed E-state index contributed by atoms with van der Waals surface area (Å²) in [6.07, 6.45) is 2.27. The van der Waals surface area contributed by atoms with Gasteiger partial charge in [-0.25, -0.2) is 0 Å². The average molecular weight is 269 g/mol. The number of hydrogen-bond acceptors (Lipinski definition) is 4. The van der Waals surface area contributed by atoms with Crippen LogP contribution in [-0.4, -0.2) is 29.8 Å². The van der Waals surface area contributed by atoms with Crippen molar-refractivity contribution in [3.05, 3.63) is 23.8 Å². The number of hydrogen-bond donors (Lipinski definition) is 1. The Morgan fingerprint density at radius 2 is 2.39 bits per heavy atom. The van der Waals surface area contributed by atoms with Crippen molar-refractivity contribution >= 4 is 16.5 Å². The van der Waals surface area contributed by atoms with Crippen molar-refractivity contribution in [1.29, 1.82) is 0 Å². The van der Waals surface area contributed by atoms with E-state index in [0.29, 0.717) is 22.9 Å². The first kappa shape index (κ1) is 13.4. The van der Waals surface area contributed by atoms with Crippen LogP contribution >= 0.6 is 0 Å². The summed E-state index contributed by atoms with van der Waals surface area (Å²) >= 11 is 0. The first-order valence-electron chi connectivity index (χ1n) is 6.08. The second-order valence-corrected chi connectivity index (χ2v) is 5.96. The van der Waals surface area contributed by atoms with Crippen LogP contribution in [0.4, 0.5) is 5.69 Å². The van der Waals surface area contributed by atoms with Crippen LogP contribution in [0.3, 0.4) is 0 Å². The van der Waals surface area contributed by atoms with Crippen LogP contribution in [0.2, 0.25) is 0 Å². The Hall–Kier alpha value is -1.07. The van der Waals surface area contributed by atoms with Gasteiger partial charge in [-0.2, -0.15) is 0 Å². The van der Waals surface area contributed by atoms with Crippen molar-refractivity contribution in [3.8, 4) is 5.75 Å². The van der Waals surface area contributed by atoms with Gasteiger partial charge in [-0.05, 0) is 30.5 Å². The van der Waals surface area contributed by atoms with Gasteiger partial charge in [0.2, 0.25) is 0 Å². The van der Waals surface area contributed by atoms with E-state index in [1.54, 1.807) is 7.11 Å². The molecular weight excluding hydrogens is 250 g/mol. The molecule has 0 aliphatic carbocycles. The third-order valence-corrected chi connectivity index (χ3v) is 4.42. The summed E-state index contributed by atoms with van der Waals surface area (Å²) < 4.78 is 22.6. The summed E-state index contributed by atoms with van der Waals surface area (Å²) in [5.41, 5.74) is 7.39. The highest BCUT2D eigenvalue weighted by molar-refractivity contribution is 7.84. The Labute approximate surface area is 110 Å². The summed E-state index contributed by atoms with van der Waals surface area (Å²) in [7, 11) is 0.685. The molecule has 1 aromatic carbocycles. The Kier molecular flexibility index (Phi) is 4.60. The number of methoxy groups -OCH3 is 1. The third kappa shape index (κ3) is 3.46. The van der Waals surface area contributed by atoms with E-state index in [1.165, 1.54) is 0 Å². The molecule has 1 heterocycles. The molecule has 1 aliphatic heterocycles. The highest BCUT2D eigenvalue weighted by Crippen LogP contribution is 2.23. The van der Waals surface area contributed by atoms with Crippen molar-refractivity contribution < 1.29 is 13.7 Å². The number of nitrogens with two attached hydrogens (primary N) is 1. The maximum absolute atomic E-state index is 12.0. The Morgan fingerprint density at radius 3 is 3.00 bits per heavy atom. The van der Waals surface area contributed by atoms with Crippen molar-refractivity contribution in [2.45, 2.75) is 24.7 Å². The van der Waals surface area contributed by atoms with Crippen LogP contribution in [0.25, 0.3) is 0 Å². The molecule has 18 heavy (non-hydrogen) atoms. The maximum Gasteiger partial charge on any atom is 0.141 e. The molecule has 0 spiro atoms. The van der Waals surface area contributed by atoms with Crippen LogP contribution in [0.1, 0.15) is 18.4 Å². The quantitative estimate of drug-likeness (QED) is 0.827. The molecule has 2 N–H and O–H groups in total. The molecule has 100 valence electrons. The van der Waals surface area contributed by atoms with E-state index in [-0.39, 0.29) is 6.10 Å². The minimum atomic E-state index is -0.899. The van der Waals surface area contributed by atoms with E-state index in [9.17, 15) is 4.21 Å². The monoisotopic (exact) mass is 269 g/mol. The predicted molar refractivity (Wildman–Crippen MR) is 73.1 cm³/mol. The van der Waals surface area contributed by atoms with Crippen LogP contribution in [0.15, 0.2) is 18.2 Å². The lowest BCUT2D eigenvalue weighted by Gasteiger charge is -2.10. The maximum atomic E-state index is 12.0. The number of nitrogen functional groups attached to an aromatic ring is 1. The smallest absolute Gasteiger partial charge is 0.141 e. The highest BCUT2D eigenvalue weighted by atomic mass is 32.2. The molecule has 1 aliphatic rings. The van der Waals surface area contributed by atoms with E-state index in [0.717, 1.165) is 25.0 Å². The molecule has 4 nitrogen and oxygen atoms in total. The van der Waals surface area contributed by atoms with Gasteiger partial charge in [-0.15, -0.1) is 0 Å². The van der Waals surface area contributed by atoms with Gasteiger partial charge in [0.15, 0.2) is 0 Å². The zero-order valence-electron chi connectivity index (χ0n) is 10.6. The molecule has 1 saturated heterocycles. The van der Waals surface area contributed by atoms with E-state index in [1.807, 2.05) is 18.2 Å². The lowest BCUT2D eigenvalue weighted by atomic mass is 10.2. The van der Waals surface area contributed by atoms with Gasteiger partial charge < -0.3 is 15.2 Å². The van der Waals surface area contributed by atoms with Gasteiger partial charge in [-0.3, -0.25) is 4.21 Å². The fourth-order valence-corrected chi connectivity index (χ4v) is 3.45. The van der Waals surface area contributed by atoms with Crippen LogP contribution in [-0.2, 0) is 21.3 Å². The molecule has 5 heteroatoms. The van der Waals surface area contributed by atoms with Gasteiger partial charge in [0.25, 0.3) is 0 Å². The molecule has 2 atom stereocenters. The minimum Gasteiger partial charge on any atom is -0.495 e. The van der Waals surface area contributed by atoms with Gasteiger partial charge in [0.05, 0.1) is 24.7 Å². The summed E-state index contributed by atoms with van der Waals surface area (Å²) in [6, 6.07) is 5.54. The zero-order valence-corrected chi connectivity index (χ0v) is 11.4. The molecule has 0 saturated carbocycles. The summed E-state index contributed by atoms with van der Waals surface area (Å²) in [5.74, 6) is 1.80. The number of ether oxygens (including phenoxy) is 2. The second-order valence-electron chi connectivity index (χ2n) is 4.46. The molecule has 0 amide bonds. The van der Waals surface area contributed by atoms with Gasteiger partial charge in [-0.1, -0.05) is 6.07 Å². The van der Waals surface area contributed by atoms with Crippen molar-refractivity contribution in [3.63, 3.8) is 0 Å². The molecule has 1 aromatic rings. The van der Waals surface area contributed by atoms with Crippen molar-refractivity contribution in [1.82, 2.24) is 0 Å². The van der Waals surface area contributed by atoms with E-state index in [2.05, 4.69) is 0 Å². The summed E-state index contributed by atoms with van der Waals surface area (Å²) in [6.45, 7) is 0.803. The van der Waals surface area contributed by atoms with Crippen LogP contribution in [0, 0.1) is 0 Å². The Balaban J connectivity index is 1.92. The van der Waals surface area contributed by atoms with E-state index >= 15 is 0 Å². The molecule has 0 radical (unpaired) electrons. The van der Waals surface area contributed by atoms with Crippen LogP contribution < -0.4 is 10.5 Å². The molecule has 1 fully saturated rings. The third-order valence-electron chi connectivity index (χ3n) is 3.02. The molecular formula is C13H19NO3S. The first-order valence-corrected chi connectivity index (χ1v) is 7.57. The summed E-state index contributed by atoms with van der Waals surface area (Å²) in [4.78, 5) is 0. The molecule has 2 rings (SSSR count). The number of anilines is 1. The Morgan fingerprint density at radius 1 is 1.56 bits per heavy atom. The SMILES string of the molecule is COc1ccc(CS(=O)CC2CCCO2)cc1N. The van der Waals surface area contributed by atoms with E-state index in [4.69, 9.17) is 15.2 Å².